The van der Waals surface area contributed by atoms with Crippen LogP contribution in [-0.4, -0.2) is 45.6 Å². The third-order valence-corrected chi connectivity index (χ3v) is 6.43. The quantitative estimate of drug-likeness (QED) is 0.0859. The Bertz CT molecular complexity index is 1260. The smallest absolute Gasteiger partial charge is 0.351 e. The van der Waals surface area contributed by atoms with E-state index in [1.54, 1.807) is 24.3 Å². The number of carbonyl (C=O) groups is 1. The van der Waals surface area contributed by atoms with Crippen LogP contribution in [0.15, 0.2) is 48.5 Å². The van der Waals surface area contributed by atoms with E-state index >= 15 is 0 Å². The van der Waals surface area contributed by atoms with Gasteiger partial charge >= 0.3 is 5.97 Å². The van der Waals surface area contributed by atoms with Crippen molar-refractivity contribution in [2.45, 2.75) is 80.1 Å². The summed E-state index contributed by atoms with van der Waals surface area (Å²) < 4.78 is 42.0. The summed E-state index contributed by atoms with van der Waals surface area (Å²) in [6, 6.07) is 14.6. The monoisotopic (exact) mass is 622 g/mol. The molecule has 0 unspecified atom stereocenters. The largest absolute Gasteiger partial charge is 0.493 e. The molecule has 246 valence electrons. The van der Waals surface area contributed by atoms with E-state index in [1.807, 2.05) is 45.0 Å². The second-order valence-electron chi connectivity index (χ2n) is 10.6. The van der Waals surface area contributed by atoms with E-state index in [0.717, 1.165) is 49.7 Å². The lowest BCUT2D eigenvalue weighted by molar-refractivity contribution is 0.0725. The van der Waals surface area contributed by atoms with Crippen LogP contribution in [0.2, 0.25) is 0 Å². The second kappa shape index (κ2) is 19.3. The van der Waals surface area contributed by atoms with E-state index < -0.39 is 5.97 Å². The van der Waals surface area contributed by atoms with Crippen LogP contribution < -0.4 is 33.2 Å². The van der Waals surface area contributed by atoms with Crippen molar-refractivity contribution in [3.63, 3.8) is 0 Å². The molecule has 0 radical (unpaired) electrons. The van der Waals surface area contributed by atoms with Crippen molar-refractivity contribution in [3.05, 3.63) is 54.1 Å². The molecule has 3 rings (SSSR count). The van der Waals surface area contributed by atoms with Gasteiger partial charge in [-0.15, -0.1) is 0 Å². The Kier molecular flexibility index (Phi) is 15.2. The SMILES string of the molecule is CCCOc1cc(OCCC)c(C(=O)Oc2ccc(-c3c(OCCC)cc(OCCC)cc3OCCC)cc2)c(OCCC)c1. The maximum absolute atomic E-state index is 13.7. The summed E-state index contributed by atoms with van der Waals surface area (Å²) in [6.07, 6.45) is 5.03. The Labute approximate surface area is 268 Å². The maximum Gasteiger partial charge on any atom is 0.351 e. The van der Waals surface area contributed by atoms with Crippen LogP contribution in [0.4, 0.5) is 0 Å². The van der Waals surface area contributed by atoms with Crippen LogP contribution in [0.25, 0.3) is 11.1 Å². The predicted molar refractivity (Wildman–Crippen MR) is 178 cm³/mol. The lowest BCUT2D eigenvalue weighted by Crippen LogP contribution is -2.14. The van der Waals surface area contributed by atoms with Gasteiger partial charge in [0.25, 0.3) is 0 Å². The summed E-state index contributed by atoms with van der Waals surface area (Å²) in [5.74, 6) is 3.22. The van der Waals surface area contributed by atoms with Gasteiger partial charge in [-0.1, -0.05) is 53.7 Å². The van der Waals surface area contributed by atoms with Crippen LogP contribution in [0.5, 0.6) is 40.2 Å². The zero-order valence-electron chi connectivity index (χ0n) is 27.9. The minimum Gasteiger partial charge on any atom is -0.493 e. The lowest BCUT2D eigenvalue weighted by atomic mass is 10.0. The standard InChI is InChI=1S/C37H50O8/c1-7-17-39-29-23-31(41-19-9-3)35(32(24-29)42-20-10-4)27-13-15-28(16-14-27)45-37(38)36-33(43-21-11-5)25-30(40-18-8-2)26-34(36)44-22-12-6/h13-16,23-26H,7-12,17-22H2,1-6H3. The highest BCUT2D eigenvalue weighted by Gasteiger charge is 2.24. The van der Waals surface area contributed by atoms with Gasteiger partial charge < -0.3 is 33.2 Å². The Morgan fingerprint density at radius 3 is 1.22 bits per heavy atom. The first-order chi connectivity index (χ1) is 22.0. The molecular formula is C37H50O8. The Hall–Kier alpha value is -4.07. The van der Waals surface area contributed by atoms with Gasteiger partial charge in [0.2, 0.25) is 0 Å². The first-order valence-electron chi connectivity index (χ1n) is 16.4. The van der Waals surface area contributed by atoms with Crippen molar-refractivity contribution in [2.75, 3.05) is 39.6 Å². The van der Waals surface area contributed by atoms with Crippen molar-refractivity contribution in [1.82, 2.24) is 0 Å². The van der Waals surface area contributed by atoms with E-state index in [2.05, 4.69) is 20.8 Å². The van der Waals surface area contributed by atoms with Gasteiger partial charge in [-0.05, 0) is 56.2 Å². The third-order valence-electron chi connectivity index (χ3n) is 6.43. The van der Waals surface area contributed by atoms with E-state index in [0.29, 0.717) is 79.9 Å². The van der Waals surface area contributed by atoms with Crippen molar-refractivity contribution < 1.29 is 38.0 Å². The molecule has 0 aliphatic heterocycles. The van der Waals surface area contributed by atoms with Gasteiger partial charge in [-0.25, -0.2) is 4.79 Å². The first-order valence-corrected chi connectivity index (χ1v) is 16.4. The summed E-state index contributed by atoms with van der Waals surface area (Å²) >= 11 is 0. The molecule has 0 amide bonds. The van der Waals surface area contributed by atoms with Gasteiger partial charge in [-0.3, -0.25) is 0 Å². The fourth-order valence-electron chi connectivity index (χ4n) is 4.38. The van der Waals surface area contributed by atoms with Crippen LogP contribution >= 0.6 is 0 Å². The number of hydrogen-bond acceptors (Lipinski definition) is 8. The minimum atomic E-state index is -0.571. The van der Waals surface area contributed by atoms with Gasteiger partial charge in [0.05, 0.1) is 45.2 Å². The molecular weight excluding hydrogens is 572 g/mol. The number of rotatable bonds is 21. The molecule has 0 aliphatic rings. The summed E-state index contributed by atoms with van der Waals surface area (Å²) in [5.41, 5.74) is 1.93. The number of benzene rings is 3. The molecule has 0 bridgehead atoms. The van der Waals surface area contributed by atoms with Gasteiger partial charge in [0.15, 0.2) is 0 Å². The molecule has 0 heterocycles. The summed E-state index contributed by atoms with van der Waals surface area (Å²) in [6.45, 7) is 15.4. The highest BCUT2D eigenvalue weighted by Crippen LogP contribution is 2.43. The molecule has 45 heavy (non-hydrogen) atoms. The number of carbonyl (C=O) groups excluding carboxylic acids is 1. The van der Waals surface area contributed by atoms with E-state index in [9.17, 15) is 4.79 Å². The predicted octanol–water partition coefficient (Wildman–Crippen LogP) is 9.31. The normalized spacial score (nSPS) is 10.7. The highest BCUT2D eigenvalue weighted by molar-refractivity contribution is 5.97. The molecule has 0 atom stereocenters. The summed E-state index contributed by atoms with van der Waals surface area (Å²) in [7, 11) is 0. The molecule has 0 aromatic heterocycles. The fourth-order valence-corrected chi connectivity index (χ4v) is 4.38. The van der Waals surface area contributed by atoms with Gasteiger partial charge in [0.1, 0.15) is 45.8 Å². The highest BCUT2D eigenvalue weighted by atomic mass is 16.5. The molecule has 0 fully saturated rings. The van der Waals surface area contributed by atoms with Crippen molar-refractivity contribution in [2.24, 2.45) is 0 Å². The Morgan fingerprint density at radius 2 is 0.822 bits per heavy atom. The third kappa shape index (κ3) is 10.5. The van der Waals surface area contributed by atoms with Crippen LogP contribution in [0.3, 0.4) is 0 Å². The summed E-state index contributed by atoms with van der Waals surface area (Å²) in [4.78, 5) is 13.7. The second-order valence-corrected chi connectivity index (χ2v) is 10.6. The number of hydrogen-bond donors (Lipinski definition) is 0. The Morgan fingerprint density at radius 1 is 0.467 bits per heavy atom. The van der Waals surface area contributed by atoms with Crippen molar-refractivity contribution >= 4 is 5.97 Å². The fraction of sp³-hybridized carbons (Fsp3) is 0.486. The molecule has 0 saturated carbocycles. The minimum absolute atomic E-state index is 0.234. The molecule has 0 spiro atoms. The average molecular weight is 623 g/mol. The molecule has 3 aromatic carbocycles. The molecule has 3 aromatic rings. The van der Waals surface area contributed by atoms with E-state index in [4.69, 9.17) is 33.2 Å². The topological polar surface area (TPSA) is 81.7 Å². The van der Waals surface area contributed by atoms with Crippen LogP contribution in [0.1, 0.15) is 90.4 Å². The zero-order chi connectivity index (χ0) is 32.4. The Balaban J connectivity index is 1.97. The lowest BCUT2D eigenvalue weighted by Gasteiger charge is -2.19. The molecule has 0 N–H and O–H groups in total. The zero-order valence-corrected chi connectivity index (χ0v) is 27.9. The number of esters is 1. The van der Waals surface area contributed by atoms with E-state index in [1.165, 1.54) is 0 Å². The van der Waals surface area contributed by atoms with Crippen molar-refractivity contribution in [3.8, 4) is 51.4 Å². The van der Waals surface area contributed by atoms with E-state index in [-0.39, 0.29) is 5.56 Å². The van der Waals surface area contributed by atoms with Gasteiger partial charge in [-0.2, -0.15) is 0 Å². The molecule has 0 aliphatic carbocycles. The molecule has 8 heteroatoms. The van der Waals surface area contributed by atoms with Crippen LogP contribution in [0, 0.1) is 0 Å². The maximum atomic E-state index is 13.7. The summed E-state index contributed by atoms with van der Waals surface area (Å²) in [5, 5.41) is 0. The molecule has 8 nitrogen and oxygen atoms in total. The van der Waals surface area contributed by atoms with Gasteiger partial charge in [0, 0.05) is 24.3 Å². The average Bonchev–Trinajstić information content (AvgIpc) is 3.06. The van der Waals surface area contributed by atoms with Crippen LogP contribution in [-0.2, 0) is 0 Å². The molecule has 0 saturated heterocycles. The number of ether oxygens (including phenoxy) is 7. The van der Waals surface area contributed by atoms with Crippen molar-refractivity contribution in [1.29, 1.82) is 0 Å². The first kappa shape index (κ1) is 35.4.